The first-order valence-electron chi connectivity index (χ1n) is 10.6. The van der Waals surface area contributed by atoms with E-state index < -0.39 is 34.0 Å². The third kappa shape index (κ3) is 4.52. The lowest BCUT2D eigenvalue weighted by atomic mass is 10.1. The Kier molecular flexibility index (Phi) is 5.92. The highest BCUT2D eigenvalue weighted by Gasteiger charge is 2.44. The minimum atomic E-state index is -4.66. The maximum atomic E-state index is 13.0. The van der Waals surface area contributed by atoms with E-state index in [1.165, 1.54) is 18.5 Å². The molecule has 186 valence electrons. The van der Waals surface area contributed by atoms with Crippen LogP contribution in [0.3, 0.4) is 0 Å². The Morgan fingerprint density at radius 1 is 1.11 bits per heavy atom. The summed E-state index contributed by atoms with van der Waals surface area (Å²) < 4.78 is 70.6. The summed E-state index contributed by atoms with van der Waals surface area (Å²) in [5.41, 5.74) is 1.29. The zero-order valence-electron chi connectivity index (χ0n) is 18.3. The van der Waals surface area contributed by atoms with Gasteiger partial charge in [-0.05, 0) is 18.6 Å². The molecule has 1 amide bonds. The molecule has 0 aliphatic carbocycles. The molecule has 0 saturated carbocycles. The summed E-state index contributed by atoms with van der Waals surface area (Å²) in [7, 11) is -4.01. The molecule has 1 atom stereocenters. The van der Waals surface area contributed by atoms with E-state index in [1.807, 2.05) is 0 Å². The molecule has 3 aromatic heterocycles. The molecule has 0 bridgehead atoms. The van der Waals surface area contributed by atoms with Crippen LogP contribution in [-0.4, -0.2) is 51.2 Å². The van der Waals surface area contributed by atoms with Crippen molar-refractivity contribution in [1.29, 1.82) is 0 Å². The molecule has 0 spiro atoms. The van der Waals surface area contributed by atoms with Gasteiger partial charge in [-0.3, -0.25) is 4.79 Å². The van der Waals surface area contributed by atoms with Gasteiger partial charge in [0.1, 0.15) is 18.0 Å². The highest BCUT2D eigenvalue weighted by molar-refractivity contribution is 7.89. The molecular formula is C22H17F3N6O4S. The Morgan fingerprint density at radius 3 is 2.53 bits per heavy atom. The Labute approximate surface area is 202 Å². The van der Waals surface area contributed by atoms with Gasteiger partial charge in [0.05, 0.1) is 17.9 Å². The predicted octanol–water partition coefficient (Wildman–Crippen LogP) is 2.78. The largest absolute Gasteiger partial charge is 0.451 e. The maximum absolute atomic E-state index is 13.0. The van der Waals surface area contributed by atoms with Crippen molar-refractivity contribution in [2.24, 2.45) is 0 Å². The van der Waals surface area contributed by atoms with Crippen LogP contribution in [0.2, 0.25) is 0 Å². The van der Waals surface area contributed by atoms with Crippen LogP contribution in [0.5, 0.6) is 0 Å². The first kappa shape index (κ1) is 23.8. The summed E-state index contributed by atoms with van der Waals surface area (Å²) in [5, 5.41) is 3.04. The number of fused-ring (bicyclic) bond motifs is 1. The standard InChI is InChI=1S/C22H17F3N6O4S/c23-22(24,25)21-27-9-14(10-28-21)16-8-15(29-12-30-16)11-26-20(32)17-5-6-31(17)36(33,34)19-7-13-3-1-2-4-18(13)35-19/h1-4,7-10,12,17H,5-6,11H2,(H,26,32)/t17-/m0/s1. The quantitative estimate of drug-likeness (QED) is 0.412. The van der Waals surface area contributed by atoms with Crippen molar-refractivity contribution < 1.29 is 30.8 Å². The number of nitrogens with one attached hydrogen (secondary N) is 1. The molecule has 1 saturated heterocycles. The van der Waals surface area contributed by atoms with Gasteiger partial charge in [-0.1, -0.05) is 18.2 Å². The molecule has 1 aliphatic rings. The molecule has 1 aromatic carbocycles. The number of nitrogens with zero attached hydrogens (tertiary/aromatic N) is 5. The van der Waals surface area contributed by atoms with Crippen LogP contribution < -0.4 is 5.32 Å². The monoisotopic (exact) mass is 518 g/mol. The summed E-state index contributed by atoms with van der Waals surface area (Å²) in [5.74, 6) is -1.78. The second-order valence-corrected chi connectivity index (χ2v) is 9.75. The lowest BCUT2D eigenvalue weighted by molar-refractivity contribution is -0.145. The summed E-state index contributed by atoms with van der Waals surface area (Å²) in [4.78, 5) is 27.4. The van der Waals surface area contributed by atoms with Crippen molar-refractivity contribution in [3.63, 3.8) is 0 Å². The molecule has 36 heavy (non-hydrogen) atoms. The molecule has 5 rings (SSSR count). The number of alkyl halides is 3. The molecule has 0 unspecified atom stereocenters. The Bertz CT molecular complexity index is 1510. The number of para-hydroxylation sites is 1. The molecule has 4 aromatic rings. The minimum absolute atomic E-state index is 0.0507. The van der Waals surface area contributed by atoms with Gasteiger partial charge in [-0.2, -0.15) is 17.5 Å². The number of hydrogen-bond donors (Lipinski definition) is 1. The van der Waals surface area contributed by atoms with Crippen LogP contribution in [0.4, 0.5) is 13.2 Å². The second-order valence-electron chi connectivity index (χ2n) is 7.93. The van der Waals surface area contributed by atoms with Gasteiger partial charge in [0.25, 0.3) is 10.0 Å². The van der Waals surface area contributed by atoms with E-state index in [2.05, 4.69) is 25.3 Å². The molecule has 4 heterocycles. The van der Waals surface area contributed by atoms with Crippen LogP contribution in [0.15, 0.2) is 64.6 Å². The predicted molar refractivity (Wildman–Crippen MR) is 118 cm³/mol. The van der Waals surface area contributed by atoms with Crippen molar-refractivity contribution in [3.05, 3.63) is 66.6 Å². The van der Waals surface area contributed by atoms with E-state index >= 15 is 0 Å². The second kappa shape index (κ2) is 8.95. The normalized spacial score (nSPS) is 16.6. The zero-order chi connectivity index (χ0) is 25.5. The molecular weight excluding hydrogens is 501 g/mol. The molecule has 10 nitrogen and oxygen atoms in total. The van der Waals surface area contributed by atoms with Crippen molar-refractivity contribution >= 4 is 26.9 Å². The SMILES string of the molecule is O=C(NCc1cc(-c2cnc(C(F)(F)F)nc2)ncn1)[C@@H]1CCN1S(=O)(=O)c1cc2ccccc2o1. The molecule has 1 aliphatic heterocycles. The van der Waals surface area contributed by atoms with Crippen molar-refractivity contribution in [1.82, 2.24) is 29.6 Å². The lowest BCUT2D eigenvalue weighted by Gasteiger charge is -2.37. The number of aromatic nitrogens is 4. The number of carbonyl (C=O) groups is 1. The third-order valence-corrected chi connectivity index (χ3v) is 7.37. The average molecular weight is 518 g/mol. The Morgan fingerprint density at radius 2 is 1.86 bits per heavy atom. The minimum Gasteiger partial charge on any atom is -0.443 e. The van der Waals surface area contributed by atoms with Gasteiger partial charge in [0.15, 0.2) is 0 Å². The van der Waals surface area contributed by atoms with Crippen LogP contribution in [0, 0.1) is 0 Å². The topological polar surface area (TPSA) is 131 Å². The number of carbonyl (C=O) groups excluding carboxylic acids is 1. The van der Waals surface area contributed by atoms with E-state index in [1.54, 1.807) is 24.3 Å². The number of hydrogen-bond acceptors (Lipinski definition) is 8. The summed E-state index contributed by atoms with van der Waals surface area (Å²) in [6, 6.07) is 8.85. The van der Waals surface area contributed by atoms with Gasteiger partial charge in [0, 0.05) is 36.0 Å². The first-order chi connectivity index (χ1) is 17.1. The van der Waals surface area contributed by atoms with Crippen LogP contribution in [0.1, 0.15) is 17.9 Å². The molecule has 1 fully saturated rings. The van der Waals surface area contributed by atoms with Gasteiger partial charge < -0.3 is 9.73 Å². The summed E-state index contributed by atoms with van der Waals surface area (Å²) in [6.07, 6.45) is -1.14. The van der Waals surface area contributed by atoms with Crippen LogP contribution in [0.25, 0.3) is 22.2 Å². The van der Waals surface area contributed by atoms with E-state index in [-0.39, 0.29) is 29.4 Å². The van der Waals surface area contributed by atoms with E-state index in [0.717, 1.165) is 16.7 Å². The highest BCUT2D eigenvalue weighted by Crippen LogP contribution is 2.31. The van der Waals surface area contributed by atoms with Crippen LogP contribution >= 0.6 is 0 Å². The van der Waals surface area contributed by atoms with Crippen molar-refractivity contribution in [2.45, 2.75) is 30.3 Å². The van der Waals surface area contributed by atoms with E-state index in [0.29, 0.717) is 23.1 Å². The Balaban J connectivity index is 1.25. The average Bonchev–Trinajstić information content (AvgIpc) is 3.27. The van der Waals surface area contributed by atoms with Crippen molar-refractivity contribution in [3.8, 4) is 11.3 Å². The van der Waals surface area contributed by atoms with Crippen molar-refractivity contribution in [2.75, 3.05) is 6.54 Å². The number of sulfonamides is 1. The number of halogens is 3. The number of furan rings is 1. The number of benzene rings is 1. The van der Waals surface area contributed by atoms with Gasteiger partial charge >= 0.3 is 6.18 Å². The first-order valence-corrected chi connectivity index (χ1v) is 12.1. The summed E-state index contributed by atoms with van der Waals surface area (Å²) >= 11 is 0. The van der Waals surface area contributed by atoms with Gasteiger partial charge in [-0.25, -0.2) is 28.4 Å². The van der Waals surface area contributed by atoms with Gasteiger partial charge in [-0.15, -0.1) is 0 Å². The fraction of sp³-hybridized carbons (Fsp3) is 0.227. The highest BCUT2D eigenvalue weighted by atomic mass is 32.2. The zero-order valence-corrected chi connectivity index (χ0v) is 19.1. The lowest BCUT2D eigenvalue weighted by Crippen LogP contribution is -2.57. The molecule has 1 N–H and O–H groups in total. The number of rotatable bonds is 6. The fourth-order valence-corrected chi connectivity index (χ4v) is 5.25. The van der Waals surface area contributed by atoms with Crippen LogP contribution in [-0.2, 0) is 27.5 Å². The third-order valence-electron chi connectivity index (χ3n) is 5.61. The molecule has 0 radical (unpaired) electrons. The Hall–Kier alpha value is -3.91. The fourth-order valence-electron chi connectivity index (χ4n) is 3.67. The molecule has 14 heteroatoms. The van der Waals surface area contributed by atoms with Gasteiger partial charge in [0.2, 0.25) is 16.8 Å². The smallest absolute Gasteiger partial charge is 0.443 e. The summed E-state index contributed by atoms with van der Waals surface area (Å²) in [6.45, 7) is 0.119. The number of amides is 1. The maximum Gasteiger partial charge on any atom is 0.451 e. The van der Waals surface area contributed by atoms with E-state index in [9.17, 15) is 26.4 Å². The van der Waals surface area contributed by atoms with E-state index in [4.69, 9.17) is 4.42 Å².